The lowest BCUT2D eigenvalue weighted by molar-refractivity contribution is -0.118. The Kier molecular flexibility index (Phi) is 5.39. The summed E-state index contributed by atoms with van der Waals surface area (Å²) in [6.45, 7) is 4.34. The smallest absolute Gasteiger partial charge is 0.182 e. The van der Waals surface area contributed by atoms with Crippen LogP contribution < -0.4 is 11.6 Å². The van der Waals surface area contributed by atoms with Crippen molar-refractivity contribution in [3.63, 3.8) is 0 Å². The molecule has 0 saturated carbocycles. The number of hydrazine groups is 1. The predicted molar refractivity (Wildman–Crippen MR) is 72.9 cm³/mol. The molecule has 4 heteroatoms. The minimum absolute atomic E-state index is 0.0546. The molecule has 0 spiro atoms. The molecule has 98 valence electrons. The second-order valence-electron chi connectivity index (χ2n) is 4.42. The Bertz CT molecular complexity index is 414. The maximum atomic E-state index is 11.8. The summed E-state index contributed by atoms with van der Waals surface area (Å²) in [6, 6.07) is 9.78. The summed E-state index contributed by atoms with van der Waals surface area (Å²) in [4.78, 5) is 11.8. The zero-order valence-corrected chi connectivity index (χ0v) is 11.0. The van der Waals surface area contributed by atoms with Crippen molar-refractivity contribution in [3.8, 4) is 0 Å². The number of hydrogen-bond acceptors (Lipinski definition) is 4. The molecular weight excluding hydrogens is 226 g/mol. The van der Waals surface area contributed by atoms with E-state index in [4.69, 9.17) is 11.6 Å². The number of hydrogen-bond donors (Lipinski definition) is 2. The molecule has 0 amide bonds. The molecule has 0 aliphatic rings. The summed E-state index contributed by atoms with van der Waals surface area (Å²) < 4.78 is 0. The fourth-order valence-corrected chi connectivity index (χ4v) is 1.55. The third-order valence-electron chi connectivity index (χ3n) is 2.86. The molecule has 4 nitrogen and oxygen atoms in total. The van der Waals surface area contributed by atoms with E-state index in [1.54, 1.807) is 0 Å². The molecule has 1 aromatic rings. The van der Waals surface area contributed by atoms with Crippen LogP contribution in [0.15, 0.2) is 42.2 Å². The molecule has 0 bridgehead atoms. The first kappa shape index (κ1) is 14.3. The van der Waals surface area contributed by atoms with E-state index in [-0.39, 0.29) is 17.4 Å². The highest BCUT2D eigenvalue weighted by atomic mass is 16.1. The summed E-state index contributed by atoms with van der Waals surface area (Å²) >= 11 is 0. The molecule has 1 atom stereocenters. The van der Waals surface area contributed by atoms with Crippen LogP contribution in [0.5, 0.6) is 0 Å². The molecule has 18 heavy (non-hydrogen) atoms. The Labute approximate surface area is 108 Å². The lowest BCUT2D eigenvalue weighted by Crippen LogP contribution is -2.28. The van der Waals surface area contributed by atoms with Crippen molar-refractivity contribution in [2.24, 2.45) is 17.5 Å². The number of nitrogens with zero attached hydrogens (tertiary/aromatic N) is 1. The average Bonchev–Trinajstić information content (AvgIpc) is 2.37. The maximum absolute atomic E-state index is 11.8. The zero-order chi connectivity index (χ0) is 13.5. The van der Waals surface area contributed by atoms with Crippen molar-refractivity contribution in [2.45, 2.75) is 26.8 Å². The summed E-state index contributed by atoms with van der Waals surface area (Å²) in [5, 5.41) is 1.44. The molecule has 1 unspecified atom stereocenters. The van der Waals surface area contributed by atoms with Crippen LogP contribution in [-0.2, 0) is 11.3 Å². The van der Waals surface area contributed by atoms with Gasteiger partial charge in [-0.05, 0) is 12.0 Å². The third kappa shape index (κ3) is 4.22. The number of Topliss-reactive ketones (excluding diaryl/α,β-unsaturated/α-hetero) is 1. The Balaban J connectivity index is 2.63. The first-order valence-electron chi connectivity index (χ1n) is 6.11. The van der Waals surface area contributed by atoms with Crippen molar-refractivity contribution >= 4 is 5.78 Å². The SMILES string of the molecule is CCC(C)C(=O)/C(N)=C/N(N)Cc1ccccc1. The summed E-state index contributed by atoms with van der Waals surface area (Å²) in [6.07, 6.45) is 2.28. The van der Waals surface area contributed by atoms with E-state index in [1.165, 1.54) is 11.2 Å². The van der Waals surface area contributed by atoms with Gasteiger partial charge >= 0.3 is 0 Å². The molecule has 0 radical (unpaired) electrons. The second-order valence-corrected chi connectivity index (χ2v) is 4.42. The van der Waals surface area contributed by atoms with Gasteiger partial charge in [-0.1, -0.05) is 44.2 Å². The van der Waals surface area contributed by atoms with Gasteiger partial charge in [0.25, 0.3) is 0 Å². The van der Waals surface area contributed by atoms with Crippen LogP contribution in [0.3, 0.4) is 0 Å². The molecule has 1 aromatic carbocycles. The predicted octanol–water partition coefficient (Wildman–Crippen LogP) is 1.78. The van der Waals surface area contributed by atoms with Gasteiger partial charge in [-0.3, -0.25) is 4.79 Å². The number of nitrogens with two attached hydrogens (primary N) is 2. The Morgan fingerprint density at radius 2 is 2.00 bits per heavy atom. The van der Waals surface area contributed by atoms with Gasteiger partial charge in [-0.25, -0.2) is 5.84 Å². The van der Waals surface area contributed by atoms with E-state index in [0.717, 1.165) is 12.0 Å². The summed E-state index contributed by atoms with van der Waals surface area (Å²) in [5.74, 6) is 5.69. The fraction of sp³-hybridized carbons (Fsp3) is 0.357. The standard InChI is InChI=1S/C14H21N3O/c1-3-11(2)14(18)13(15)10-17(16)9-12-7-5-4-6-8-12/h4-8,10-11H,3,9,15-16H2,1-2H3/b13-10-. The number of ketones is 1. The Morgan fingerprint density at radius 1 is 1.39 bits per heavy atom. The van der Waals surface area contributed by atoms with Crippen LogP contribution in [0.25, 0.3) is 0 Å². The highest BCUT2D eigenvalue weighted by molar-refractivity contribution is 5.95. The largest absolute Gasteiger partial charge is 0.395 e. The van der Waals surface area contributed by atoms with Crippen LogP contribution in [0.1, 0.15) is 25.8 Å². The van der Waals surface area contributed by atoms with Gasteiger partial charge in [0.05, 0.1) is 12.2 Å². The van der Waals surface area contributed by atoms with Crippen molar-refractivity contribution < 1.29 is 4.79 Å². The third-order valence-corrected chi connectivity index (χ3v) is 2.86. The van der Waals surface area contributed by atoms with E-state index in [2.05, 4.69) is 0 Å². The highest BCUT2D eigenvalue weighted by Crippen LogP contribution is 2.08. The van der Waals surface area contributed by atoms with Crippen molar-refractivity contribution in [1.29, 1.82) is 0 Å². The Morgan fingerprint density at radius 3 is 2.56 bits per heavy atom. The summed E-state index contributed by atoms with van der Waals surface area (Å²) in [5.41, 5.74) is 7.02. The monoisotopic (exact) mass is 247 g/mol. The topological polar surface area (TPSA) is 72.4 Å². The van der Waals surface area contributed by atoms with Crippen LogP contribution >= 0.6 is 0 Å². The van der Waals surface area contributed by atoms with E-state index < -0.39 is 0 Å². The quantitative estimate of drug-likeness (QED) is 0.456. The van der Waals surface area contributed by atoms with Crippen LogP contribution in [0.2, 0.25) is 0 Å². The molecule has 4 N–H and O–H groups in total. The minimum atomic E-state index is -0.0635. The van der Waals surface area contributed by atoms with Crippen molar-refractivity contribution in [3.05, 3.63) is 47.8 Å². The van der Waals surface area contributed by atoms with Crippen LogP contribution in [0, 0.1) is 5.92 Å². The zero-order valence-electron chi connectivity index (χ0n) is 11.0. The molecular formula is C14H21N3O. The van der Waals surface area contributed by atoms with Gasteiger partial charge in [0, 0.05) is 12.1 Å². The van der Waals surface area contributed by atoms with Gasteiger partial charge < -0.3 is 10.7 Å². The molecule has 0 fully saturated rings. The van der Waals surface area contributed by atoms with Gasteiger partial charge in [0.15, 0.2) is 5.78 Å². The summed E-state index contributed by atoms with van der Waals surface area (Å²) in [7, 11) is 0. The molecule has 0 saturated heterocycles. The Hall–Kier alpha value is -1.81. The lowest BCUT2D eigenvalue weighted by Gasteiger charge is -2.15. The average molecular weight is 247 g/mol. The first-order chi connectivity index (χ1) is 8.54. The van der Waals surface area contributed by atoms with E-state index in [9.17, 15) is 4.79 Å². The van der Waals surface area contributed by atoms with Crippen molar-refractivity contribution in [1.82, 2.24) is 5.01 Å². The van der Waals surface area contributed by atoms with E-state index >= 15 is 0 Å². The molecule has 0 heterocycles. The number of allylic oxidation sites excluding steroid dienone is 1. The van der Waals surface area contributed by atoms with Gasteiger partial charge in [0.2, 0.25) is 0 Å². The van der Waals surface area contributed by atoms with Gasteiger partial charge in [-0.2, -0.15) is 0 Å². The van der Waals surface area contributed by atoms with Crippen molar-refractivity contribution in [2.75, 3.05) is 0 Å². The molecule has 0 aromatic heterocycles. The number of rotatable bonds is 6. The number of carbonyl (C=O) groups excluding carboxylic acids is 1. The number of carbonyl (C=O) groups is 1. The van der Waals surface area contributed by atoms with E-state index in [0.29, 0.717) is 6.54 Å². The molecule has 1 rings (SSSR count). The first-order valence-corrected chi connectivity index (χ1v) is 6.11. The molecule has 0 aliphatic heterocycles. The maximum Gasteiger partial charge on any atom is 0.182 e. The highest BCUT2D eigenvalue weighted by Gasteiger charge is 2.13. The second kappa shape index (κ2) is 6.81. The molecule has 0 aliphatic carbocycles. The van der Waals surface area contributed by atoms with Gasteiger partial charge in [0.1, 0.15) is 0 Å². The van der Waals surface area contributed by atoms with Crippen LogP contribution in [-0.4, -0.2) is 10.8 Å². The number of benzene rings is 1. The van der Waals surface area contributed by atoms with Gasteiger partial charge in [-0.15, -0.1) is 0 Å². The normalized spacial score (nSPS) is 13.2. The fourth-order valence-electron chi connectivity index (χ4n) is 1.55. The minimum Gasteiger partial charge on any atom is -0.395 e. The van der Waals surface area contributed by atoms with E-state index in [1.807, 2.05) is 44.2 Å². The van der Waals surface area contributed by atoms with Crippen LogP contribution in [0.4, 0.5) is 0 Å². The lowest BCUT2D eigenvalue weighted by atomic mass is 10.0.